The number of aromatic nitrogens is 2. The summed E-state index contributed by atoms with van der Waals surface area (Å²) in [6.07, 6.45) is 4.02. The van der Waals surface area contributed by atoms with E-state index in [0.29, 0.717) is 19.0 Å². The van der Waals surface area contributed by atoms with Crippen LogP contribution in [-0.4, -0.2) is 52.2 Å². The third-order valence-corrected chi connectivity index (χ3v) is 3.69. The normalized spacial score (nSPS) is 23.0. The average Bonchev–Trinajstić information content (AvgIpc) is 2.81. The van der Waals surface area contributed by atoms with Gasteiger partial charge in [-0.3, -0.25) is 9.69 Å². The predicted octanol–water partition coefficient (Wildman–Crippen LogP) is 1.26. The molecule has 0 aliphatic carbocycles. The number of hydrogen-bond acceptors (Lipinski definition) is 4. The quantitative estimate of drug-likeness (QED) is 0.859. The molecule has 1 saturated heterocycles. The summed E-state index contributed by atoms with van der Waals surface area (Å²) in [7, 11) is 0. The highest BCUT2D eigenvalue weighted by Gasteiger charge is 2.23. The molecule has 6 heteroatoms. The molecule has 124 valence electrons. The van der Waals surface area contributed by atoms with Crippen molar-refractivity contribution < 1.29 is 9.53 Å². The standard InChI is InChI=1S/C16H28N4O2/c1-12(2)7-20-11-17-5-15(20)6-18-16(21)10-19-8-13(3)22-14(4)9-19/h5,11-14H,6-10H2,1-4H3,(H,18,21). The second-order valence-electron chi connectivity index (χ2n) is 6.66. The number of carbonyl (C=O) groups excluding carboxylic acids is 1. The van der Waals surface area contributed by atoms with Crippen LogP contribution in [0.15, 0.2) is 12.5 Å². The van der Waals surface area contributed by atoms with Crippen LogP contribution in [0.5, 0.6) is 0 Å². The van der Waals surface area contributed by atoms with Crippen LogP contribution in [0.3, 0.4) is 0 Å². The maximum atomic E-state index is 12.1. The Morgan fingerprint density at radius 2 is 2.09 bits per heavy atom. The summed E-state index contributed by atoms with van der Waals surface area (Å²) < 4.78 is 7.79. The number of ether oxygens (including phenoxy) is 1. The van der Waals surface area contributed by atoms with Gasteiger partial charge < -0.3 is 14.6 Å². The topological polar surface area (TPSA) is 59.4 Å². The van der Waals surface area contributed by atoms with Gasteiger partial charge >= 0.3 is 0 Å². The lowest BCUT2D eigenvalue weighted by Gasteiger charge is -2.34. The fraction of sp³-hybridized carbons (Fsp3) is 0.750. The van der Waals surface area contributed by atoms with Crippen LogP contribution in [0.4, 0.5) is 0 Å². The lowest BCUT2D eigenvalue weighted by molar-refractivity contribution is -0.126. The second kappa shape index (κ2) is 7.74. The fourth-order valence-electron chi connectivity index (χ4n) is 2.91. The van der Waals surface area contributed by atoms with E-state index in [1.807, 2.05) is 26.4 Å². The largest absolute Gasteiger partial charge is 0.373 e. The summed E-state index contributed by atoms with van der Waals surface area (Å²) in [6.45, 7) is 11.9. The van der Waals surface area contributed by atoms with Crippen molar-refractivity contribution in [3.05, 3.63) is 18.2 Å². The van der Waals surface area contributed by atoms with E-state index < -0.39 is 0 Å². The number of imidazole rings is 1. The zero-order valence-corrected chi connectivity index (χ0v) is 14.1. The molecule has 1 aliphatic heterocycles. The van der Waals surface area contributed by atoms with Crippen LogP contribution in [-0.2, 0) is 22.6 Å². The smallest absolute Gasteiger partial charge is 0.234 e. The van der Waals surface area contributed by atoms with Crippen LogP contribution < -0.4 is 5.32 Å². The zero-order valence-electron chi connectivity index (χ0n) is 14.1. The summed E-state index contributed by atoms with van der Waals surface area (Å²) in [5.74, 6) is 0.610. The molecule has 1 fully saturated rings. The molecule has 0 bridgehead atoms. The number of carbonyl (C=O) groups is 1. The molecule has 0 aromatic carbocycles. The molecule has 2 heterocycles. The first-order chi connectivity index (χ1) is 10.4. The lowest BCUT2D eigenvalue weighted by Crippen LogP contribution is -2.49. The molecule has 2 rings (SSSR count). The van der Waals surface area contributed by atoms with E-state index in [4.69, 9.17) is 4.74 Å². The van der Waals surface area contributed by atoms with Crippen LogP contribution >= 0.6 is 0 Å². The van der Waals surface area contributed by atoms with E-state index >= 15 is 0 Å². The first-order valence-corrected chi connectivity index (χ1v) is 8.07. The van der Waals surface area contributed by atoms with Gasteiger partial charge in [0.05, 0.1) is 37.3 Å². The Labute approximate surface area is 132 Å². The van der Waals surface area contributed by atoms with Crippen molar-refractivity contribution in [2.75, 3.05) is 19.6 Å². The van der Waals surface area contributed by atoms with E-state index in [2.05, 4.69) is 33.6 Å². The van der Waals surface area contributed by atoms with E-state index in [1.165, 1.54) is 0 Å². The Bertz CT molecular complexity index is 476. The van der Waals surface area contributed by atoms with Crippen molar-refractivity contribution in [1.82, 2.24) is 19.8 Å². The summed E-state index contributed by atoms with van der Waals surface area (Å²) in [5, 5.41) is 2.99. The van der Waals surface area contributed by atoms with Gasteiger partial charge in [-0.05, 0) is 19.8 Å². The minimum Gasteiger partial charge on any atom is -0.373 e. The molecule has 2 atom stereocenters. The minimum atomic E-state index is 0.0543. The first-order valence-electron chi connectivity index (χ1n) is 8.07. The highest BCUT2D eigenvalue weighted by Crippen LogP contribution is 2.10. The first kappa shape index (κ1) is 17.0. The second-order valence-corrected chi connectivity index (χ2v) is 6.66. The van der Waals surface area contributed by atoms with Crippen molar-refractivity contribution in [3.63, 3.8) is 0 Å². The summed E-state index contributed by atoms with van der Waals surface area (Å²) in [6, 6.07) is 0. The number of nitrogens with one attached hydrogen (secondary N) is 1. The molecule has 0 spiro atoms. The van der Waals surface area contributed by atoms with Gasteiger partial charge in [-0.15, -0.1) is 0 Å². The van der Waals surface area contributed by atoms with E-state index in [1.54, 1.807) is 0 Å². The number of amides is 1. The maximum Gasteiger partial charge on any atom is 0.234 e. The van der Waals surface area contributed by atoms with Crippen LogP contribution in [0, 0.1) is 5.92 Å². The van der Waals surface area contributed by atoms with Crippen LogP contribution in [0.1, 0.15) is 33.4 Å². The predicted molar refractivity (Wildman–Crippen MR) is 85.4 cm³/mol. The number of nitrogens with zero attached hydrogens (tertiary/aromatic N) is 3. The Hall–Kier alpha value is -1.40. The SMILES string of the molecule is CC(C)Cn1cncc1CNC(=O)CN1CC(C)OC(C)C1. The zero-order chi connectivity index (χ0) is 16.1. The van der Waals surface area contributed by atoms with Gasteiger partial charge in [-0.1, -0.05) is 13.8 Å². The Morgan fingerprint density at radius 3 is 2.73 bits per heavy atom. The molecule has 1 N–H and O–H groups in total. The van der Waals surface area contributed by atoms with E-state index in [0.717, 1.165) is 25.3 Å². The summed E-state index contributed by atoms with van der Waals surface area (Å²) in [4.78, 5) is 18.5. The molecule has 1 amide bonds. The third-order valence-electron chi connectivity index (χ3n) is 3.69. The molecular weight excluding hydrogens is 280 g/mol. The monoisotopic (exact) mass is 308 g/mol. The molecule has 22 heavy (non-hydrogen) atoms. The summed E-state index contributed by atoms with van der Waals surface area (Å²) in [5.41, 5.74) is 1.05. The van der Waals surface area contributed by atoms with Gasteiger partial charge in [-0.2, -0.15) is 0 Å². The van der Waals surface area contributed by atoms with Crippen molar-refractivity contribution in [3.8, 4) is 0 Å². The number of rotatable bonds is 6. The van der Waals surface area contributed by atoms with Crippen LogP contribution in [0.2, 0.25) is 0 Å². The van der Waals surface area contributed by atoms with Gasteiger partial charge in [0.2, 0.25) is 5.91 Å². The molecule has 1 aliphatic rings. The number of morpholine rings is 1. The third kappa shape index (κ3) is 5.10. The molecule has 0 radical (unpaired) electrons. The summed E-state index contributed by atoms with van der Waals surface area (Å²) >= 11 is 0. The average molecular weight is 308 g/mol. The molecule has 0 saturated carbocycles. The van der Waals surface area contributed by atoms with Gasteiger partial charge in [-0.25, -0.2) is 4.98 Å². The van der Waals surface area contributed by atoms with Crippen molar-refractivity contribution in [2.45, 2.75) is 53.0 Å². The van der Waals surface area contributed by atoms with Gasteiger partial charge in [0.15, 0.2) is 0 Å². The van der Waals surface area contributed by atoms with Gasteiger partial charge in [0, 0.05) is 25.8 Å². The van der Waals surface area contributed by atoms with Crippen LogP contribution in [0.25, 0.3) is 0 Å². The highest BCUT2D eigenvalue weighted by molar-refractivity contribution is 5.77. The van der Waals surface area contributed by atoms with Crippen molar-refractivity contribution in [2.24, 2.45) is 5.92 Å². The van der Waals surface area contributed by atoms with E-state index in [-0.39, 0.29) is 18.1 Å². The minimum absolute atomic E-state index is 0.0543. The lowest BCUT2D eigenvalue weighted by atomic mass is 10.2. The molecule has 1 aromatic rings. The molecule has 2 unspecified atom stereocenters. The Morgan fingerprint density at radius 1 is 1.41 bits per heavy atom. The highest BCUT2D eigenvalue weighted by atomic mass is 16.5. The Kier molecular flexibility index (Phi) is 5.97. The van der Waals surface area contributed by atoms with Gasteiger partial charge in [0.1, 0.15) is 0 Å². The molecular formula is C16H28N4O2. The molecule has 6 nitrogen and oxygen atoms in total. The van der Waals surface area contributed by atoms with E-state index in [9.17, 15) is 4.79 Å². The number of hydrogen-bond donors (Lipinski definition) is 1. The Balaban J connectivity index is 1.79. The van der Waals surface area contributed by atoms with Gasteiger partial charge in [0.25, 0.3) is 0 Å². The molecule has 1 aromatic heterocycles. The van der Waals surface area contributed by atoms with Crippen molar-refractivity contribution in [1.29, 1.82) is 0 Å². The fourth-order valence-corrected chi connectivity index (χ4v) is 2.91. The maximum absolute atomic E-state index is 12.1. The van der Waals surface area contributed by atoms with Crippen molar-refractivity contribution >= 4 is 5.91 Å².